The lowest BCUT2D eigenvalue weighted by atomic mass is 10.2. The van der Waals surface area contributed by atoms with Gasteiger partial charge >= 0.3 is 0 Å². The Morgan fingerprint density at radius 2 is 2.08 bits per heavy atom. The van der Waals surface area contributed by atoms with Gasteiger partial charge in [-0.2, -0.15) is 0 Å². The van der Waals surface area contributed by atoms with Gasteiger partial charge in [0.15, 0.2) is 0 Å². The van der Waals surface area contributed by atoms with E-state index >= 15 is 0 Å². The largest absolute Gasteiger partial charge is 0.369 e. The molecule has 0 aromatic heterocycles. The molecule has 0 saturated heterocycles. The molecule has 0 aliphatic heterocycles. The summed E-state index contributed by atoms with van der Waals surface area (Å²) < 4.78 is 0. The third-order valence-corrected chi connectivity index (χ3v) is 1.50. The van der Waals surface area contributed by atoms with Crippen molar-refractivity contribution in [2.75, 3.05) is 20.1 Å². The summed E-state index contributed by atoms with van der Waals surface area (Å²) >= 11 is 0. The predicted octanol–water partition coefficient (Wildman–Crippen LogP) is -1.56. The van der Waals surface area contributed by atoms with Gasteiger partial charge in [0, 0.05) is 19.5 Å². The summed E-state index contributed by atoms with van der Waals surface area (Å²) in [6.07, 6.45) is 0. The Kier molecular flexibility index (Phi) is 5.03. The van der Waals surface area contributed by atoms with Crippen molar-refractivity contribution >= 4 is 11.8 Å². The number of carbonyl (C=O) groups is 2. The van der Waals surface area contributed by atoms with E-state index in [1.54, 1.807) is 14.0 Å². The highest BCUT2D eigenvalue weighted by Crippen LogP contribution is 1.88. The van der Waals surface area contributed by atoms with E-state index in [9.17, 15) is 9.59 Å². The maximum atomic E-state index is 10.7. The van der Waals surface area contributed by atoms with Crippen molar-refractivity contribution in [1.29, 1.82) is 0 Å². The Balaban J connectivity index is 3.43. The number of amides is 2. The monoisotopic (exact) mass is 173 g/mol. The van der Waals surface area contributed by atoms with Gasteiger partial charge in [0.05, 0.1) is 6.54 Å². The van der Waals surface area contributed by atoms with Crippen LogP contribution in [0, 0.1) is 5.92 Å². The van der Waals surface area contributed by atoms with Crippen LogP contribution < -0.4 is 16.4 Å². The minimum absolute atomic E-state index is 0.105. The fourth-order valence-electron chi connectivity index (χ4n) is 0.591. The van der Waals surface area contributed by atoms with Crippen LogP contribution in [0.25, 0.3) is 0 Å². The molecule has 0 saturated carbocycles. The van der Waals surface area contributed by atoms with Crippen molar-refractivity contribution in [1.82, 2.24) is 10.6 Å². The Labute approximate surface area is 71.7 Å². The van der Waals surface area contributed by atoms with Gasteiger partial charge in [-0.25, -0.2) is 0 Å². The molecule has 0 bridgehead atoms. The molecule has 0 aromatic rings. The van der Waals surface area contributed by atoms with E-state index in [1.807, 2.05) is 0 Å². The Morgan fingerprint density at radius 3 is 2.50 bits per heavy atom. The Morgan fingerprint density at radius 1 is 1.50 bits per heavy atom. The second-order valence-corrected chi connectivity index (χ2v) is 2.61. The number of likely N-dealkylation sites (N-methyl/N-ethyl adjacent to an activating group) is 1. The first-order chi connectivity index (χ1) is 5.57. The summed E-state index contributed by atoms with van der Waals surface area (Å²) in [4.78, 5) is 21.2. The van der Waals surface area contributed by atoms with Crippen LogP contribution in [0.5, 0.6) is 0 Å². The Bertz CT molecular complexity index is 170. The third-order valence-electron chi connectivity index (χ3n) is 1.50. The topological polar surface area (TPSA) is 84.2 Å². The number of primary amides is 1. The number of nitrogens with one attached hydrogen (secondary N) is 2. The molecular formula is C7H15N3O2. The van der Waals surface area contributed by atoms with Gasteiger partial charge in [-0.05, 0) is 0 Å². The van der Waals surface area contributed by atoms with Crippen LogP contribution in [-0.4, -0.2) is 32.0 Å². The number of nitrogens with two attached hydrogens (primary N) is 1. The predicted molar refractivity (Wildman–Crippen MR) is 45.3 cm³/mol. The molecule has 0 radical (unpaired) electrons. The maximum Gasteiger partial charge on any atom is 0.233 e. The molecule has 0 aliphatic carbocycles. The minimum atomic E-state index is -0.362. The van der Waals surface area contributed by atoms with Crippen molar-refractivity contribution in [2.24, 2.45) is 11.7 Å². The normalized spacial score (nSPS) is 12.2. The summed E-state index contributed by atoms with van der Waals surface area (Å²) in [5, 5.41) is 5.25. The van der Waals surface area contributed by atoms with E-state index in [4.69, 9.17) is 5.73 Å². The first kappa shape index (κ1) is 10.9. The van der Waals surface area contributed by atoms with Crippen LogP contribution in [-0.2, 0) is 9.59 Å². The summed E-state index contributed by atoms with van der Waals surface area (Å²) in [5.74, 6) is -0.708. The highest BCUT2D eigenvalue weighted by Gasteiger charge is 2.07. The second-order valence-electron chi connectivity index (χ2n) is 2.61. The van der Waals surface area contributed by atoms with Gasteiger partial charge in [-0.1, -0.05) is 6.92 Å². The molecule has 5 nitrogen and oxygen atoms in total. The van der Waals surface area contributed by atoms with Crippen LogP contribution in [0.15, 0.2) is 0 Å². The lowest BCUT2D eigenvalue weighted by Crippen LogP contribution is -2.36. The fraction of sp³-hybridized carbons (Fsp3) is 0.714. The van der Waals surface area contributed by atoms with Crippen molar-refractivity contribution in [3.05, 3.63) is 0 Å². The number of carbonyl (C=O) groups excluding carboxylic acids is 2. The maximum absolute atomic E-state index is 10.7. The second kappa shape index (κ2) is 5.54. The van der Waals surface area contributed by atoms with Crippen LogP contribution in [0.4, 0.5) is 0 Å². The quantitative estimate of drug-likeness (QED) is 0.470. The summed E-state index contributed by atoms with van der Waals surface area (Å²) in [6.45, 7) is 2.36. The van der Waals surface area contributed by atoms with Crippen molar-refractivity contribution in [3.8, 4) is 0 Å². The molecule has 0 aromatic carbocycles. The van der Waals surface area contributed by atoms with Gasteiger partial charge < -0.3 is 16.4 Å². The molecule has 1 unspecified atom stereocenters. The molecule has 5 heteroatoms. The van der Waals surface area contributed by atoms with Crippen molar-refractivity contribution in [3.63, 3.8) is 0 Å². The molecule has 1 atom stereocenters. The number of hydrogen-bond donors (Lipinski definition) is 3. The van der Waals surface area contributed by atoms with Crippen molar-refractivity contribution in [2.45, 2.75) is 6.92 Å². The van der Waals surface area contributed by atoms with Gasteiger partial charge in [0.2, 0.25) is 11.8 Å². The van der Waals surface area contributed by atoms with E-state index < -0.39 is 0 Å². The van der Waals surface area contributed by atoms with Gasteiger partial charge in [-0.15, -0.1) is 0 Å². The van der Waals surface area contributed by atoms with Gasteiger partial charge in [-0.3, -0.25) is 9.59 Å². The summed E-state index contributed by atoms with van der Waals surface area (Å²) in [5.41, 5.74) is 5.01. The number of rotatable bonds is 5. The Hall–Kier alpha value is -1.10. The SMILES string of the molecule is CNC(=O)CNCC(C)C(N)=O. The van der Waals surface area contributed by atoms with Crippen molar-refractivity contribution < 1.29 is 9.59 Å². The molecule has 70 valence electrons. The zero-order valence-electron chi connectivity index (χ0n) is 7.39. The van der Waals surface area contributed by atoms with Crippen LogP contribution in [0.3, 0.4) is 0 Å². The standard InChI is InChI=1S/C7H15N3O2/c1-5(7(8)12)3-10-4-6(11)9-2/h5,10H,3-4H2,1-2H3,(H2,8,12)(H,9,11). The average Bonchev–Trinajstić information content (AvgIpc) is 2.03. The minimum Gasteiger partial charge on any atom is -0.369 e. The number of hydrogen-bond acceptors (Lipinski definition) is 3. The average molecular weight is 173 g/mol. The van der Waals surface area contributed by atoms with Gasteiger partial charge in [0.1, 0.15) is 0 Å². The summed E-state index contributed by atoms with van der Waals surface area (Å²) in [6, 6.07) is 0. The molecule has 0 heterocycles. The van der Waals surface area contributed by atoms with Crippen LogP contribution >= 0.6 is 0 Å². The first-order valence-corrected chi connectivity index (χ1v) is 3.78. The molecule has 2 amide bonds. The lowest BCUT2D eigenvalue weighted by Gasteiger charge is -2.07. The van der Waals surface area contributed by atoms with E-state index in [0.29, 0.717) is 6.54 Å². The van der Waals surface area contributed by atoms with Crippen LogP contribution in [0.2, 0.25) is 0 Å². The molecule has 12 heavy (non-hydrogen) atoms. The first-order valence-electron chi connectivity index (χ1n) is 3.78. The summed E-state index contributed by atoms with van der Waals surface area (Å²) in [7, 11) is 1.56. The molecule has 0 spiro atoms. The molecule has 4 N–H and O–H groups in total. The third kappa shape index (κ3) is 4.68. The highest BCUT2D eigenvalue weighted by atomic mass is 16.2. The van der Waals surface area contributed by atoms with E-state index in [2.05, 4.69) is 10.6 Å². The molecule has 0 fully saturated rings. The molecule has 0 aliphatic rings. The zero-order valence-corrected chi connectivity index (χ0v) is 7.39. The van der Waals surface area contributed by atoms with E-state index in [1.165, 1.54) is 0 Å². The van der Waals surface area contributed by atoms with E-state index in [-0.39, 0.29) is 24.3 Å². The van der Waals surface area contributed by atoms with Gasteiger partial charge in [0.25, 0.3) is 0 Å². The molecule has 0 rings (SSSR count). The zero-order chi connectivity index (χ0) is 9.56. The highest BCUT2D eigenvalue weighted by molar-refractivity contribution is 5.78. The van der Waals surface area contributed by atoms with Crippen LogP contribution in [0.1, 0.15) is 6.92 Å². The van der Waals surface area contributed by atoms with E-state index in [0.717, 1.165) is 0 Å². The fourth-order valence-corrected chi connectivity index (χ4v) is 0.591. The molecular weight excluding hydrogens is 158 g/mol. The lowest BCUT2D eigenvalue weighted by molar-refractivity contribution is -0.122. The smallest absolute Gasteiger partial charge is 0.233 e.